The molecule has 0 atom stereocenters. The van der Waals surface area contributed by atoms with E-state index < -0.39 is 0 Å². The number of benzene rings is 6. The molecular weight excluding hydrogens is 482 g/mol. The first-order valence-electron chi connectivity index (χ1n) is 14.0. The fraction of sp³-hybridized carbons (Fsp3) is 0.0769. The lowest BCUT2D eigenvalue weighted by Gasteiger charge is -2.35. The van der Waals surface area contributed by atoms with Gasteiger partial charge < -0.3 is 4.57 Å². The molecule has 8 rings (SSSR count). The molecule has 0 spiro atoms. The quantitative estimate of drug-likeness (QED) is 0.222. The van der Waals surface area contributed by atoms with E-state index in [1.54, 1.807) is 0 Å². The standard InChI is InChI=1S/C39H29N/c1-39(2)34-24-30(27-14-8-4-9-15-27)19-21-37(34)40-36-20-18-29(26-12-6-3-7-13-26)22-32(36)33-23-31(25-35(39)38(33)40)28-16-10-5-11-17-28/h3-25H,1-2H3. The lowest BCUT2D eigenvalue weighted by molar-refractivity contribution is 0.630. The first kappa shape index (κ1) is 23.0. The van der Waals surface area contributed by atoms with Gasteiger partial charge in [0.2, 0.25) is 0 Å². The molecule has 6 aromatic carbocycles. The third-order valence-corrected chi connectivity index (χ3v) is 8.77. The van der Waals surface area contributed by atoms with Gasteiger partial charge in [0.15, 0.2) is 0 Å². The average molecular weight is 512 g/mol. The molecule has 0 N–H and O–H groups in total. The molecule has 190 valence electrons. The highest BCUT2D eigenvalue weighted by Crippen LogP contribution is 2.50. The van der Waals surface area contributed by atoms with Gasteiger partial charge in [-0.05, 0) is 80.9 Å². The second kappa shape index (κ2) is 8.56. The van der Waals surface area contributed by atoms with Crippen molar-refractivity contribution >= 4 is 21.8 Å². The average Bonchev–Trinajstić information content (AvgIpc) is 3.34. The van der Waals surface area contributed by atoms with Gasteiger partial charge in [-0.3, -0.25) is 0 Å². The molecule has 2 heterocycles. The lowest BCUT2D eigenvalue weighted by Crippen LogP contribution is -2.26. The fourth-order valence-corrected chi connectivity index (χ4v) is 6.67. The van der Waals surface area contributed by atoms with E-state index in [2.05, 4.69) is 158 Å². The highest BCUT2D eigenvalue weighted by atomic mass is 15.0. The zero-order valence-corrected chi connectivity index (χ0v) is 22.7. The molecule has 0 saturated carbocycles. The van der Waals surface area contributed by atoms with Crippen molar-refractivity contribution in [1.29, 1.82) is 0 Å². The Morgan fingerprint density at radius 1 is 0.425 bits per heavy atom. The van der Waals surface area contributed by atoms with Gasteiger partial charge in [-0.25, -0.2) is 0 Å². The third kappa shape index (κ3) is 3.34. The maximum atomic E-state index is 2.51. The fourth-order valence-electron chi connectivity index (χ4n) is 6.67. The zero-order chi connectivity index (χ0) is 26.8. The van der Waals surface area contributed by atoms with Crippen molar-refractivity contribution in [3.05, 3.63) is 151 Å². The van der Waals surface area contributed by atoms with Crippen molar-refractivity contribution in [3.8, 4) is 39.1 Å². The van der Waals surface area contributed by atoms with Gasteiger partial charge in [-0.15, -0.1) is 0 Å². The number of hydrogen-bond donors (Lipinski definition) is 0. The molecule has 1 aliphatic heterocycles. The van der Waals surface area contributed by atoms with Crippen LogP contribution in [0.5, 0.6) is 0 Å². The molecule has 1 heteroatoms. The Morgan fingerprint density at radius 2 is 0.925 bits per heavy atom. The minimum Gasteiger partial charge on any atom is -0.309 e. The number of aromatic nitrogens is 1. The molecule has 0 fully saturated rings. The summed E-state index contributed by atoms with van der Waals surface area (Å²) in [6.45, 7) is 4.78. The largest absolute Gasteiger partial charge is 0.309 e. The summed E-state index contributed by atoms with van der Waals surface area (Å²) in [7, 11) is 0. The van der Waals surface area contributed by atoms with E-state index in [1.807, 2.05) is 0 Å². The van der Waals surface area contributed by atoms with E-state index in [-0.39, 0.29) is 5.41 Å². The highest BCUT2D eigenvalue weighted by Gasteiger charge is 2.36. The molecule has 1 nitrogen and oxygen atoms in total. The van der Waals surface area contributed by atoms with Crippen molar-refractivity contribution < 1.29 is 0 Å². The molecular formula is C39H29N. The summed E-state index contributed by atoms with van der Waals surface area (Å²) in [6, 6.07) is 51.1. The van der Waals surface area contributed by atoms with E-state index in [1.165, 1.54) is 72.0 Å². The van der Waals surface area contributed by atoms with Crippen molar-refractivity contribution in [3.63, 3.8) is 0 Å². The summed E-state index contributed by atoms with van der Waals surface area (Å²) in [4.78, 5) is 0. The number of fused-ring (bicyclic) bond motifs is 5. The second-order valence-corrected chi connectivity index (χ2v) is 11.4. The first-order chi connectivity index (χ1) is 19.6. The molecule has 0 unspecified atom stereocenters. The molecule has 1 aromatic heterocycles. The summed E-state index contributed by atoms with van der Waals surface area (Å²) < 4.78 is 2.51. The number of hydrogen-bond acceptors (Lipinski definition) is 0. The Bertz CT molecular complexity index is 2050. The van der Waals surface area contributed by atoms with Crippen LogP contribution < -0.4 is 0 Å². The van der Waals surface area contributed by atoms with Gasteiger partial charge in [-0.1, -0.05) is 117 Å². The first-order valence-corrected chi connectivity index (χ1v) is 14.0. The topological polar surface area (TPSA) is 4.93 Å². The SMILES string of the molecule is CC1(C)c2cc(-c3ccccc3)ccc2-n2c3ccc(-c4ccccc4)cc3c3cc(-c4ccccc4)cc1c32. The van der Waals surface area contributed by atoms with Crippen molar-refractivity contribution in [2.45, 2.75) is 19.3 Å². The summed E-state index contributed by atoms with van der Waals surface area (Å²) in [6.07, 6.45) is 0. The summed E-state index contributed by atoms with van der Waals surface area (Å²) in [5.74, 6) is 0. The molecule has 1 aliphatic rings. The van der Waals surface area contributed by atoms with E-state index in [0.717, 1.165) is 0 Å². The van der Waals surface area contributed by atoms with E-state index in [0.29, 0.717) is 0 Å². The Labute approximate surface area is 235 Å². The number of nitrogens with zero attached hydrogens (tertiary/aromatic N) is 1. The van der Waals surface area contributed by atoms with Crippen LogP contribution in [0.25, 0.3) is 60.9 Å². The molecule has 0 amide bonds. The van der Waals surface area contributed by atoms with Gasteiger partial charge in [-0.2, -0.15) is 0 Å². The van der Waals surface area contributed by atoms with Crippen LogP contribution in [0.15, 0.2) is 140 Å². The van der Waals surface area contributed by atoms with Gasteiger partial charge >= 0.3 is 0 Å². The Morgan fingerprint density at radius 3 is 1.55 bits per heavy atom. The van der Waals surface area contributed by atoms with Gasteiger partial charge in [0.1, 0.15) is 0 Å². The van der Waals surface area contributed by atoms with Crippen LogP contribution in [-0.4, -0.2) is 4.57 Å². The maximum Gasteiger partial charge on any atom is 0.0582 e. The molecule has 0 saturated heterocycles. The van der Waals surface area contributed by atoms with Crippen LogP contribution in [0.2, 0.25) is 0 Å². The molecule has 7 aromatic rings. The van der Waals surface area contributed by atoms with Crippen LogP contribution in [-0.2, 0) is 5.41 Å². The van der Waals surface area contributed by atoms with Crippen LogP contribution in [0.4, 0.5) is 0 Å². The van der Waals surface area contributed by atoms with E-state index >= 15 is 0 Å². The Kier molecular flexibility index (Phi) is 4.93. The third-order valence-electron chi connectivity index (χ3n) is 8.77. The highest BCUT2D eigenvalue weighted by molar-refractivity contribution is 6.14. The van der Waals surface area contributed by atoms with Crippen LogP contribution in [0.3, 0.4) is 0 Å². The monoisotopic (exact) mass is 511 g/mol. The smallest absolute Gasteiger partial charge is 0.0582 e. The van der Waals surface area contributed by atoms with Gasteiger partial charge in [0.25, 0.3) is 0 Å². The minimum atomic E-state index is -0.171. The van der Waals surface area contributed by atoms with Gasteiger partial charge in [0.05, 0.1) is 16.7 Å². The minimum absolute atomic E-state index is 0.171. The predicted octanol–water partition coefficient (Wildman–Crippen LogP) is 10.4. The summed E-state index contributed by atoms with van der Waals surface area (Å²) in [5.41, 5.74) is 13.9. The Balaban J connectivity index is 1.48. The van der Waals surface area contributed by atoms with E-state index in [4.69, 9.17) is 0 Å². The summed E-state index contributed by atoms with van der Waals surface area (Å²) >= 11 is 0. The van der Waals surface area contributed by atoms with Crippen LogP contribution >= 0.6 is 0 Å². The Hall–Kier alpha value is -4.88. The predicted molar refractivity (Wildman–Crippen MR) is 169 cm³/mol. The van der Waals surface area contributed by atoms with Gasteiger partial charge in [0, 0.05) is 16.2 Å². The van der Waals surface area contributed by atoms with Crippen molar-refractivity contribution in [1.82, 2.24) is 4.57 Å². The van der Waals surface area contributed by atoms with Crippen molar-refractivity contribution in [2.24, 2.45) is 0 Å². The van der Waals surface area contributed by atoms with Crippen molar-refractivity contribution in [2.75, 3.05) is 0 Å². The number of rotatable bonds is 3. The zero-order valence-electron chi connectivity index (χ0n) is 22.7. The molecule has 0 bridgehead atoms. The molecule has 0 radical (unpaired) electrons. The molecule has 40 heavy (non-hydrogen) atoms. The van der Waals surface area contributed by atoms with Crippen LogP contribution in [0, 0.1) is 0 Å². The summed E-state index contributed by atoms with van der Waals surface area (Å²) in [5, 5.41) is 2.61. The maximum absolute atomic E-state index is 2.51. The van der Waals surface area contributed by atoms with Crippen LogP contribution in [0.1, 0.15) is 25.0 Å². The normalized spacial score (nSPS) is 13.4. The molecule has 0 aliphatic carbocycles. The van der Waals surface area contributed by atoms with E-state index in [9.17, 15) is 0 Å². The second-order valence-electron chi connectivity index (χ2n) is 11.4. The lowest BCUT2D eigenvalue weighted by atomic mass is 9.73.